The van der Waals surface area contributed by atoms with Gasteiger partial charge in [-0.3, -0.25) is 4.79 Å². The summed E-state index contributed by atoms with van der Waals surface area (Å²) in [7, 11) is 1.80. The molecule has 0 aliphatic heterocycles. The van der Waals surface area contributed by atoms with Gasteiger partial charge in [-0.05, 0) is 41.4 Å². The average Bonchev–Trinajstić information content (AvgIpc) is 2.60. The molecule has 15 heavy (non-hydrogen) atoms. The third-order valence-corrected chi connectivity index (χ3v) is 3.82. The molecule has 1 amide bonds. The van der Waals surface area contributed by atoms with Crippen LogP contribution in [0.2, 0.25) is 0 Å². The van der Waals surface area contributed by atoms with Crippen LogP contribution in [0.5, 0.6) is 0 Å². The van der Waals surface area contributed by atoms with Gasteiger partial charge in [-0.1, -0.05) is 0 Å². The van der Waals surface area contributed by atoms with Gasteiger partial charge >= 0.3 is 0 Å². The molecule has 0 radical (unpaired) electrons. The SMILES string of the molecule is CC(Cl)CCN(C)C(=O)c1ccc(Br)s1. The molecule has 0 saturated carbocycles. The predicted octanol–water partition coefficient (Wildman–Crippen LogP) is 3.60. The lowest BCUT2D eigenvalue weighted by molar-refractivity contribution is 0.0798. The van der Waals surface area contributed by atoms with Crippen LogP contribution < -0.4 is 0 Å². The molecular formula is C10H13BrClNOS. The van der Waals surface area contributed by atoms with Crippen LogP contribution in [-0.4, -0.2) is 29.8 Å². The summed E-state index contributed by atoms with van der Waals surface area (Å²) in [5.41, 5.74) is 0. The second-order valence-corrected chi connectivity index (χ2v) is 6.61. The Morgan fingerprint density at radius 2 is 2.33 bits per heavy atom. The van der Waals surface area contributed by atoms with Crippen LogP contribution in [-0.2, 0) is 0 Å². The summed E-state index contributed by atoms with van der Waals surface area (Å²) in [4.78, 5) is 14.3. The van der Waals surface area contributed by atoms with Crippen molar-refractivity contribution in [2.75, 3.05) is 13.6 Å². The normalized spacial score (nSPS) is 12.5. The molecule has 0 fully saturated rings. The van der Waals surface area contributed by atoms with Crippen LogP contribution in [0.4, 0.5) is 0 Å². The van der Waals surface area contributed by atoms with Crippen molar-refractivity contribution < 1.29 is 4.79 Å². The molecule has 1 aromatic heterocycles. The van der Waals surface area contributed by atoms with E-state index in [1.807, 2.05) is 19.1 Å². The quantitative estimate of drug-likeness (QED) is 0.778. The molecule has 1 heterocycles. The van der Waals surface area contributed by atoms with Crippen molar-refractivity contribution in [3.05, 3.63) is 20.8 Å². The number of hydrogen-bond acceptors (Lipinski definition) is 2. The zero-order chi connectivity index (χ0) is 11.4. The fourth-order valence-corrected chi connectivity index (χ4v) is 2.57. The Morgan fingerprint density at radius 1 is 1.67 bits per heavy atom. The average molecular weight is 311 g/mol. The molecule has 1 aromatic rings. The van der Waals surface area contributed by atoms with E-state index in [1.165, 1.54) is 11.3 Å². The van der Waals surface area contributed by atoms with Gasteiger partial charge in [-0.15, -0.1) is 22.9 Å². The van der Waals surface area contributed by atoms with Gasteiger partial charge in [-0.2, -0.15) is 0 Å². The first-order valence-corrected chi connectivity index (χ1v) is 6.70. The monoisotopic (exact) mass is 309 g/mol. The minimum Gasteiger partial charge on any atom is -0.341 e. The topological polar surface area (TPSA) is 20.3 Å². The van der Waals surface area contributed by atoms with Crippen LogP contribution in [0.3, 0.4) is 0 Å². The van der Waals surface area contributed by atoms with E-state index in [-0.39, 0.29) is 11.3 Å². The van der Waals surface area contributed by atoms with E-state index in [9.17, 15) is 4.79 Å². The first-order valence-electron chi connectivity index (χ1n) is 4.65. The first kappa shape index (κ1) is 13.0. The van der Waals surface area contributed by atoms with Gasteiger partial charge in [0.05, 0.1) is 8.66 Å². The van der Waals surface area contributed by atoms with E-state index >= 15 is 0 Å². The van der Waals surface area contributed by atoms with Crippen molar-refractivity contribution >= 4 is 44.8 Å². The highest BCUT2D eigenvalue weighted by molar-refractivity contribution is 9.11. The van der Waals surface area contributed by atoms with E-state index in [0.717, 1.165) is 15.1 Å². The fourth-order valence-electron chi connectivity index (χ4n) is 1.09. The van der Waals surface area contributed by atoms with Crippen LogP contribution in [0.1, 0.15) is 23.0 Å². The predicted molar refractivity (Wildman–Crippen MR) is 68.9 cm³/mol. The smallest absolute Gasteiger partial charge is 0.263 e. The number of nitrogens with zero attached hydrogens (tertiary/aromatic N) is 1. The van der Waals surface area contributed by atoms with Gasteiger partial charge < -0.3 is 4.90 Å². The number of hydrogen-bond donors (Lipinski definition) is 0. The third kappa shape index (κ3) is 4.13. The minimum absolute atomic E-state index is 0.0583. The highest BCUT2D eigenvalue weighted by Crippen LogP contribution is 2.23. The first-order chi connectivity index (χ1) is 7.00. The lowest BCUT2D eigenvalue weighted by atomic mass is 10.3. The molecule has 2 nitrogen and oxygen atoms in total. The molecule has 0 N–H and O–H groups in total. The van der Waals surface area contributed by atoms with Gasteiger partial charge in [-0.25, -0.2) is 0 Å². The van der Waals surface area contributed by atoms with Gasteiger partial charge in [0, 0.05) is 19.0 Å². The lowest BCUT2D eigenvalue weighted by Gasteiger charge is -2.16. The molecule has 0 aliphatic rings. The number of halogens is 2. The summed E-state index contributed by atoms with van der Waals surface area (Å²) in [5, 5.41) is 0.107. The van der Waals surface area contributed by atoms with E-state index in [4.69, 9.17) is 11.6 Å². The number of carbonyl (C=O) groups excluding carboxylic acids is 1. The van der Waals surface area contributed by atoms with Crippen molar-refractivity contribution in [1.82, 2.24) is 4.90 Å². The van der Waals surface area contributed by atoms with E-state index in [2.05, 4.69) is 15.9 Å². The standard InChI is InChI=1S/C10H13BrClNOS/c1-7(12)5-6-13(2)10(14)8-3-4-9(11)15-8/h3-4,7H,5-6H2,1-2H3. The third-order valence-electron chi connectivity index (χ3n) is 1.99. The van der Waals surface area contributed by atoms with E-state index in [1.54, 1.807) is 11.9 Å². The zero-order valence-corrected chi connectivity index (χ0v) is 11.8. The molecule has 5 heteroatoms. The summed E-state index contributed by atoms with van der Waals surface area (Å²) in [6, 6.07) is 3.72. The fraction of sp³-hybridized carbons (Fsp3) is 0.500. The Balaban J connectivity index is 2.53. The summed E-state index contributed by atoms with van der Waals surface area (Å²) in [5.74, 6) is 0.0583. The number of amides is 1. The Morgan fingerprint density at radius 3 is 2.80 bits per heavy atom. The van der Waals surface area contributed by atoms with Crippen LogP contribution in [0.15, 0.2) is 15.9 Å². The molecule has 1 unspecified atom stereocenters. The highest BCUT2D eigenvalue weighted by Gasteiger charge is 2.13. The van der Waals surface area contributed by atoms with Crippen LogP contribution in [0.25, 0.3) is 0 Å². The maximum Gasteiger partial charge on any atom is 0.263 e. The number of rotatable bonds is 4. The molecule has 0 aliphatic carbocycles. The maximum absolute atomic E-state index is 11.8. The Kier molecular flexibility index (Phi) is 5.09. The number of alkyl halides is 1. The lowest BCUT2D eigenvalue weighted by Crippen LogP contribution is -2.28. The van der Waals surface area contributed by atoms with E-state index < -0.39 is 0 Å². The minimum atomic E-state index is 0.0583. The van der Waals surface area contributed by atoms with Gasteiger partial charge in [0.2, 0.25) is 0 Å². The second kappa shape index (κ2) is 5.87. The molecule has 0 bridgehead atoms. The van der Waals surface area contributed by atoms with Crippen molar-refractivity contribution in [2.45, 2.75) is 18.7 Å². The molecule has 0 saturated heterocycles. The van der Waals surface area contributed by atoms with E-state index in [0.29, 0.717) is 6.54 Å². The summed E-state index contributed by atoms with van der Waals surface area (Å²) >= 11 is 10.6. The Hall–Kier alpha value is -0.0600. The van der Waals surface area contributed by atoms with Gasteiger partial charge in [0.1, 0.15) is 0 Å². The van der Waals surface area contributed by atoms with Crippen molar-refractivity contribution in [3.63, 3.8) is 0 Å². The highest BCUT2D eigenvalue weighted by atomic mass is 79.9. The Bertz CT molecular complexity index is 340. The van der Waals surface area contributed by atoms with Crippen molar-refractivity contribution in [2.24, 2.45) is 0 Å². The molecule has 1 atom stereocenters. The Labute approximate surface area is 107 Å². The molecule has 0 spiro atoms. The summed E-state index contributed by atoms with van der Waals surface area (Å²) < 4.78 is 0.977. The molecule has 0 aromatic carbocycles. The largest absolute Gasteiger partial charge is 0.341 e. The summed E-state index contributed by atoms with van der Waals surface area (Å²) in [6.45, 7) is 2.63. The van der Waals surface area contributed by atoms with Crippen molar-refractivity contribution in [1.29, 1.82) is 0 Å². The number of thiophene rings is 1. The van der Waals surface area contributed by atoms with Gasteiger partial charge in [0.15, 0.2) is 0 Å². The molecule has 1 rings (SSSR count). The summed E-state index contributed by atoms with van der Waals surface area (Å²) in [6.07, 6.45) is 0.816. The number of carbonyl (C=O) groups is 1. The molecule has 84 valence electrons. The maximum atomic E-state index is 11.8. The van der Waals surface area contributed by atoms with Crippen LogP contribution >= 0.6 is 38.9 Å². The second-order valence-electron chi connectivity index (χ2n) is 3.40. The molecular weight excluding hydrogens is 298 g/mol. The van der Waals surface area contributed by atoms with Crippen molar-refractivity contribution in [3.8, 4) is 0 Å². The van der Waals surface area contributed by atoms with Crippen LogP contribution in [0, 0.1) is 0 Å². The zero-order valence-electron chi connectivity index (χ0n) is 8.67. The van der Waals surface area contributed by atoms with Gasteiger partial charge in [0.25, 0.3) is 5.91 Å².